The van der Waals surface area contributed by atoms with Crippen LogP contribution in [0.1, 0.15) is 27.8 Å². The van der Waals surface area contributed by atoms with Gasteiger partial charge in [-0.3, -0.25) is 0 Å². The van der Waals surface area contributed by atoms with Gasteiger partial charge < -0.3 is 4.74 Å². The summed E-state index contributed by atoms with van der Waals surface area (Å²) in [7, 11) is 0. The Morgan fingerprint density at radius 2 is 1.63 bits per heavy atom. The molecule has 5 heteroatoms. The van der Waals surface area contributed by atoms with Gasteiger partial charge in [0.05, 0.1) is 11.9 Å². The molecule has 136 valence electrons. The molecule has 2 heterocycles. The van der Waals surface area contributed by atoms with Crippen LogP contribution >= 0.6 is 0 Å². The lowest BCUT2D eigenvalue weighted by Crippen LogP contribution is -2.01. The van der Waals surface area contributed by atoms with Crippen molar-refractivity contribution in [2.75, 3.05) is 0 Å². The minimum atomic E-state index is 0.518. The number of aryl methyl sites for hydroxylation is 4. The Hall–Kier alpha value is -3.21. The lowest BCUT2D eigenvalue weighted by atomic mass is 10.1. The molecule has 27 heavy (non-hydrogen) atoms. The van der Waals surface area contributed by atoms with Crippen molar-refractivity contribution in [3.8, 4) is 17.3 Å². The van der Waals surface area contributed by atoms with E-state index in [1.807, 2.05) is 10.7 Å². The molecule has 5 nitrogen and oxygen atoms in total. The topological polar surface area (TPSA) is 52.8 Å². The first-order chi connectivity index (χ1) is 12.9. The van der Waals surface area contributed by atoms with Gasteiger partial charge in [0, 0.05) is 0 Å². The molecule has 0 N–H and O–H groups in total. The van der Waals surface area contributed by atoms with E-state index in [1.165, 1.54) is 17.5 Å². The molecule has 0 saturated heterocycles. The molecular weight excluding hydrogens is 336 g/mol. The van der Waals surface area contributed by atoms with Gasteiger partial charge in [-0.25, -0.2) is 14.6 Å². The second-order valence-corrected chi connectivity index (χ2v) is 7.07. The first-order valence-electron chi connectivity index (χ1n) is 8.96. The minimum Gasteiger partial charge on any atom is -0.438 e. The molecule has 0 bridgehead atoms. The first kappa shape index (κ1) is 17.2. The molecule has 2 aromatic heterocycles. The molecule has 0 fully saturated rings. The standard InChI is InChI=1S/C22H22N4O/c1-13-6-7-19(16(4)8-13)26-21-18(11-25-26)22(24-12-23-21)27-20-10-14(2)9-15(3)17(20)5/h6-12H,1-5H3. The second-order valence-electron chi connectivity index (χ2n) is 7.07. The zero-order valence-corrected chi connectivity index (χ0v) is 16.2. The van der Waals surface area contributed by atoms with Crippen molar-refractivity contribution in [2.24, 2.45) is 0 Å². The van der Waals surface area contributed by atoms with E-state index >= 15 is 0 Å². The Bertz CT molecular complexity index is 1160. The van der Waals surface area contributed by atoms with Gasteiger partial charge in [-0.2, -0.15) is 5.10 Å². The molecule has 0 spiro atoms. The molecule has 0 aliphatic heterocycles. The van der Waals surface area contributed by atoms with Gasteiger partial charge in [0.1, 0.15) is 17.5 Å². The number of hydrogen-bond acceptors (Lipinski definition) is 4. The van der Waals surface area contributed by atoms with E-state index in [9.17, 15) is 0 Å². The van der Waals surface area contributed by atoms with Crippen LogP contribution in [0.5, 0.6) is 11.6 Å². The molecule has 4 rings (SSSR count). The fraction of sp³-hybridized carbons (Fsp3) is 0.227. The van der Waals surface area contributed by atoms with E-state index in [0.717, 1.165) is 39.2 Å². The average molecular weight is 358 g/mol. The minimum absolute atomic E-state index is 0.518. The molecule has 4 aromatic rings. The highest BCUT2D eigenvalue weighted by molar-refractivity contribution is 5.81. The van der Waals surface area contributed by atoms with Crippen LogP contribution < -0.4 is 4.74 Å². The van der Waals surface area contributed by atoms with Crippen LogP contribution in [-0.4, -0.2) is 19.7 Å². The van der Waals surface area contributed by atoms with Crippen molar-refractivity contribution < 1.29 is 4.74 Å². The predicted octanol–water partition coefficient (Wildman–Crippen LogP) is 5.15. The van der Waals surface area contributed by atoms with Crippen LogP contribution in [0, 0.1) is 34.6 Å². The van der Waals surface area contributed by atoms with E-state index in [4.69, 9.17) is 4.74 Å². The van der Waals surface area contributed by atoms with Crippen molar-refractivity contribution in [3.63, 3.8) is 0 Å². The summed E-state index contributed by atoms with van der Waals surface area (Å²) in [6, 6.07) is 10.5. The van der Waals surface area contributed by atoms with Gasteiger partial charge in [-0.1, -0.05) is 23.8 Å². The van der Waals surface area contributed by atoms with Crippen LogP contribution in [0.25, 0.3) is 16.7 Å². The van der Waals surface area contributed by atoms with Gasteiger partial charge in [0.15, 0.2) is 5.65 Å². The highest BCUT2D eigenvalue weighted by Crippen LogP contribution is 2.31. The van der Waals surface area contributed by atoms with Crippen molar-refractivity contribution in [1.29, 1.82) is 0 Å². The van der Waals surface area contributed by atoms with Crippen molar-refractivity contribution in [2.45, 2.75) is 34.6 Å². The van der Waals surface area contributed by atoms with Gasteiger partial charge in [0.2, 0.25) is 5.88 Å². The summed E-state index contributed by atoms with van der Waals surface area (Å²) in [5.41, 5.74) is 7.56. The zero-order chi connectivity index (χ0) is 19.1. The average Bonchev–Trinajstić information content (AvgIpc) is 3.04. The largest absolute Gasteiger partial charge is 0.438 e. The van der Waals surface area contributed by atoms with Crippen LogP contribution in [-0.2, 0) is 0 Å². The number of nitrogens with zero attached hydrogens (tertiary/aromatic N) is 4. The van der Waals surface area contributed by atoms with E-state index in [1.54, 1.807) is 6.20 Å². The van der Waals surface area contributed by atoms with Crippen molar-refractivity contribution in [1.82, 2.24) is 19.7 Å². The molecule has 0 atom stereocenters. The Morgan fingerprint density at radius 1 is 0.852 bits per heavy atom. The first-order valence-corrected chi connectivity index (χ1v) is 8.96. The number of ether oxygens (including phenoxy) is 1. The lowest BCUT2D eigenvalue weighted by molar-refractivity contribution is 0.464. The summed E-state index contributed by atoms with van der Waals surface area (Å²) in [6.07, 6.45) is 3.29. The molecule has 0 amide bonds. The maximum absolute atomic E-state index is 6.18. The molecule has 0 saturated carbocycles. The fourth-order valence-corrected chi connectivity index (χ4v) is 3.33. The number of aromatic nitrogens is 4. The third-order valence-corrected chi connectivity index (χ3v) is 4.88. The second kappa shape index (κ2) is 6.50. The molecule has 0 unspecified atom stereocenters. The van der Waals surface area contributed by atoms with Crippen LogP contribution in [0.3, 0.4) is 0 Å². The van der Waals surface area contributed by atoms with E-state index < -0.39 is 0 Å². The van der Waals surface area contributed by atoms with E-state index in [-0.39, 0.29) is 0 Å². The number of rotatable bonds is 3. The Labute approximate surface area is 158 Å². The summed E-state index contributed by atoms with van der Waals surface area (Å²) in [5.74, 6) is 1.33. The molecule has 2 aromatic carbocycles. The van der Waals surface area contributed by atoms with Crippen molar-refractivity contribution >= 4 is 11.0 Å². The molecule has 0 aliphatic rings. The van der Waals surface area contributed by atoms with Gasteiger partial charge >= 0.3 is 0 Å². The zero-order valence-electron chi connectivity index (χ0n) is 16.2. The summed E-state index contributed by atoms with van der Waals surface area (Å²) >= 11 is 0. The maximum Gasteiger partial charge on any atom is 0.233 e. The molecule has 0 aliphatic carbocycles. The van der Waals surface area contributed by atoms with Gasteiger partial charge in [-0.05, 0) is 69.0 Å². The SMILES string of the molecule is Cc1ccc(-n2ncc3c(Oc4cc(C)cc(C)c4C)ncnc32)c(C)c1. The quantitative estimate of drug-likeness (QED) is 0.508. The lowest BCUT2D eigenvalue weighted by Gasteiger charge is -2.12. The van der Waals surface area contributed by atoms with Crippen molar-refractivity contribution in [3.05, 3.63) is 70.7 Å². The fourth-order valence-electron chi connectivity index (χ4n) is 3.33. The third kappa shape index (κ3) is 3.05. The Morgan fingerprint density at radius 3 is 2.41 bits per heavy atom. The Kier molecular flexibility index (Phi) is 4.15. The normalized spacial score (nSPS) is 11.1. The summed E-state index contributed by atoms with van der Waals surface area (Å²) < 4.78 is 8.02. The highest BCUT2D eigenvalue weighted by atomic mass is 16.5. The number of hydrogen-bond donors (Lipinski definition) is 0. The Balaban J connectivity index is 1.82. The van der Waals surface area contributed by atoms with Gasteiger partial charge in [0.25, 0.3) is 0 Å². The molecule has 0 radical (unpaired) electrons. The predicted molar refractivity (Wildman–Crippen MR) is 107 cm³/mol. The smallest absolute Gasteiger partial charge is 0.233 e. The summed E-state index contributed by atoms with van der Waals surface area (Å²) in [4.78, 5) is 8.81. The van der Waals surface area contributed by atoms with Crippen LogP contribution in [0.4, 0.5) is 0 Å². The van der Waals surface area contributed by atoms with E-state index in [2.05, 4.69) is 74.0 Å². The van der Waals surface area contributed by atoms with Gasteiger partial charge in [-0.15, -0.1) is 0 Å². The van der Waals surface area contributed by atoms with E-state index in [0.29, 0.717) is 5.88 Å². The number of benzene rings is 2. The summed E-state index contributed by atoms with van der Waals surface area (Å²) in [6.45, 7) is 10.4. The highest BCUT2D eigenvalue weighted by Gasteiger charge is 2.15. The molecular formula is C22H22N4O. The monoisotopic (exact) mass is 358 g/mol. The number of fused-ring (bicyclic) bond motifs is 1. The maximum atomic E-state index is 6.18. The summed E-state index contributed by atoms with van der Waals surface area (Å²) in [5, 5.41) is 5.34. The van der Waals surface area contributed by atoms with Crippen LogP contribution in [0.2, 0.25) is 0 Å². The van der Waals surface area contributed by atoms with Crippen LogP contribution in [0.15, 0.2) is 42.9 Å². The third-order valence-electron chi connectivity index (χ3n) is 4.88.